The normalized spacial score (nSPS) is 11.3. The predicted octanol–water partition coefficient (Wildman–Crippen LogP) is 4.43. The Balaban J connectivity index is 1.91. The van der Waals surface area contributed by atoms with E-state index in [2.05, 4.69) is 36.2 Å². The van der Waals surface area contributed by atoms with Crippen LogP contribution in [0.3, 0.4) is 0 Å². The van der Waals surface area contributed by atoms with Crippen molar-refractivity contribution in [3.8, 4) is 11.3 Å². The molecule has 5 nitrogen and oxygen atoms in total. The van der Waals surface area contributed by atoms with Crippen molar-refractivity contribution < 1.29 is 4.84 Å². The average Bonchev–Trinajstić information content (AvgIpc) is 3.09. The Morgan fingerprint density at radius 3 is 2.61 bits per heavy atom. The summed E-state index contributed by atoms with van der Waals surface area (Å²) >= 11 is 0. The third kappa shape index (κ3) is 4.10. The van der Waals surface area contributed by atoms with Gasteiger partial charge in [-0.25, -0.2) is 4.99 Å². The molecule has 2 N–H and O–H groups in total. The minimum absolute atomic E-state index is 0.218. The van der Waals surface area contributed by atoms with Crippen molar-refractivity contribution in [2.75, 3.05) is 0 Å². The number of aliphatic imine (C=N–C) groups is 1. The first-order chi connectivity index (χ1) is 13.5. The van der Waals surface area contributed by atoms with Crippen LogP contribution in [0.4, 0.5) is 0 Å². The summed E-state index contributed by atoms with van der Waals surface area (Å²) < 4.78 is 1.77. The van der Waals surface area contributed by atoms with Crippen LogP contribution in [0.5, 0.6) is 0 Å². The van der Waals surface area contributed by atoms with E-state index in [4.69, 9.17) is 10.7 Å². The molecule has 0 saturated heterocycles. The summed E-state index contributed by atoms with van der Waals surface area (Å²) in [6.07, 6.45) is 2.72. The van der Waals surface area contributed by atoms with Gasteiger partial charge in [0.05, 0.1) is 11.4 Å². The van der Waals surface area contributed by atoms with Gasteiger partial charge in [0, 0.05) is 7.05 Å². The molecule has 0 fully saturated rings. The minimum Gasteiger partial charge on any atom is -0.389 e. The summed E-state index contributed by atoms with van der Waals surface area (Å²) in [5.41, 5.74) is 6.38. The molecule has 0 aliphatic carbocycles. The van der Waals surface area contributed by atoms with Gasteiger partial charge in [-0.15, -0.1) is 6.58 Å². The summed E-state index contributed by atoms with van der Waals surface area (Å²) in [6, 6.07) is 18.0. The molecule has 0 spiro atoms. The second kappa shape index (κ2) is 8.50. The highest BCUT2D eigenvalue weighted by atomic mass is 16.6. The maximum absolute atomic E-state index is 5.49. The number of allylic oxidation sites excluding steroid dienone is 1. The van der Waals surface area contributed by atoms with Gasteiger partial charge in [0.2, 0.25) is 0 Å². The molecular weight excluding hydrogens is 348 g/mol. The molecule has 142 valence electrons. The second-order valence-electron chi connectivity index (χ2n) is 6.52. The zero-order chi connectivity index (χ0) is 20.1. The first kappa shape index (κ1) is 19.3. The summed E-state index contributed by atoms with van der Waals surface area (Å²) in [5.74, 6) is 5.71. The molecule has 0 aliphatic heterocycles. The van der Waals surface area contributed by atoms with Gasteiger partial charge in [0.1, 0.15) is 5.69 Å². The summed E-state index contributed by atoms with van der Waals surface area (Å²) in [4.78, 5) is 9.50. The van der Waals surface area contributed by atoms with Crippen LogP contribution in [-0.4, -0.2) is 15.7 Å². The van der Waals surface area contributed by atoms with E-state index in [0.717, 1.165) is 28.8 Å². The fourth-order valence-corrected chi connectivity index (χ4v) is 3.04. The molecule has 0 amide bonds. The van der Waals surface area contributed by atoms with Crippen LogP contribution in [0, 0.1) is 6.92 Å². The van der Waals surface area contributed by atoms with E-state index in [1.165, 1.54) is 5.56 Å². The highest BCUT2D eigenvalue weighted by molar-refractivity contribution is 5.96. The Kier molecular flexibility index (Phi) is 5.87. The standard InChI is InChI=1S/C23H24N4O/c1-5-9-18-12-13-20(14-16(18)2)17(3)25-23(28-24)21-15-22(27(4)26-21)19-10-7-6-8-11-19/h5-8,10-15H,1,3,9,24H2,2,4H3. The van der Waals surface area contributed by atoms with Crippen molar-refractivity contribution in [3.63, 3.8) is 0 Å². The monoisotopic (exact) mass is 372 g/mol. The van der Waals surface area contributed by atoms with Crippen molar-refractivity contribution in [1.82, 2.24) is 9.78 Å². The van der Waals surface area contributed by atoms with Crippen LogP contribution in [0.2, 0.25) is 0 Å². The summed E-state index contributed by atoms with van der Waals surface area (Å²) in [7, 11) is 1.87. The predicted molar refractivity (Wildman–Crippen MR) is 115 cm³/mol. The van der Waals surface area contributed by atoms with Gasteiger partial charge in [-0.3, -0.25) is 4.68 Å². The van der Waals surface area contributed by atoms with Crippen LogP contribution < -0.4 is 5.90 Å². The maximum atomic E-state index is 5.49. The van der Waals surface area contributed by atoms with Gasteiger partial charge < -0.3 is 4.84 Å². The van der Waals surface area contributed by atoms with E-state index in [9.17, 15) is 0 Å². The Morgan fingerprint density at radius 1 is 1.21 bits per heavy atom. The highest BCUT2D eigenvalue weighted by Gasteiger charge is 2.14. The minimum atomic E-state index is 0.218. The van der Waals surface area contributed by atoms with Gasteiger partial charge in [0.25, 0.3) is 5.90 Å². The quantitative estimate of drug-likeness (QED) is 0.301. The van der Waals surface area contributed by atoms with Crippen molar-refractivity contribution in [2.24, 2.45) is 17.9 Å². The Morgan fingerprint density at radius 2 is 1.96 bits per heavy atom. The zero-order valence-corrected chi connectivity index (χ0v) is 16.2. The van der Waals surface area contributed by atoms with Crippen molar-refractivity contribution in [2.45, 2.75) is 13.3 Å². The number of aryl methyl sites for hydroxylation is 2. The second-order valence-corrected chi connectivity index (χ2v) is 6.52. The molecule has 1 aromatic heterocycles. The van der Waals surface area contributed by atoms with E-state index in [1.807, 2.05) is 61.7 Å². The smallest absolute Gasteiger partial charge is 0.265 e. The lowest BCUT2D eigenvalue weighted by atomic mass is 10.0. The van der Waals surface area contributed by atoms with Crippen LogP contribution in [-0.2, 0) is 18.3 Å². The first-order valence-corrected chi connectivity index (χ1v) is 8.98. The van der Waals surface area contributed by atoms with Gasteiger partial charge >= 0.3 is 0 Å². The topological polar surface area (TPSA) is 65.4 Å². The SMILES string of the molecule is C=CCc1ccc(C(=C)N=C(ON)c2cc(-c3ccccc3)n(C)n2)cc1C. The molecule has 2 aromatic carbocycles. The number of nitrogens with two attached hydrogens (primary N) is 1. The fourth-order valence-electron chi connectivity index (χ4n) is 3.04. The Bertz CT molecular complexity index is 1030. The molecule has 0 atom stereocenters. The molecule has 0 radical (unpaired) electrons. The largest absolute Gasteiger partial charge is 0.389 e. The lowest BCUT2D eigenvalue weighted by molar-refractivity contribution is 0.321. The lowest BCUT2D eigenvalue weighted by Crippen LogP contribution is -2.13. The highest BCUT2D eigenvalue weighted by Crippen LogP contribution is 2.22. The third-order valence-corrected chi connectivity index (χ3v) is 4.56. The van der Waals surface area contributed by atoms with Crippen molar-refractivity contribution >= 4 is 11.6 Å². The van der Waals surface area contributed by atoms with Gasteiger partial charge in [0.15, 0.2) is 0 Å². The van der Waals surface area contributed by atoms with E-state index >= 15 is 0 Å². The van der Waals surface area contributed by atoms with Crippen molar-refractivity contribution in [1.29, 1.82) is 0 Å². The molecule has 1 heterocycles. The molecule has 0 unspecified atom stereocenters. The summed E-state index contributed by atoms with van der Waals surface area (Å²) in [5, 5.41) is 4.49. The molecule has 3 rings (SSSR count). The van der Waals surface area contributed by atoms with Gasteiger partial charge in [-0.2, -0.15) is 11.0 Å². The van der Waals surface area contributed by atoms with Crippen LogP contribution >= 0.6 is 0 Å². The number of rotatable bonds is 6. The van der Waals surface area contributed by atoms with E-state index in [1.54, 1.807) is 4.68 Å². The molecule has 0 saturated carbocycles. The number of benzene rings is 2. The van der Waals surface area contributed by atoms with Gasteiger partial charge in [-0.05, 0) is 47.7 Å². The first-order valence-electron chi connectivity index (χ1n) is 8.98. The zero-order valence-electron chi connectivity index (χ0n) is 16.2. The van der Waals surface area contributed by atoms with E-state index in [-0.39, 0.29) is 5.90 Å². The molecule has 0 aliphatic rings. The maximum Gasteiger partial charge on any atom is 0.265 e. The molecule has 5 heteroatoms. The Labute approximate surface area is 165 Å². The Hall–Kier alpha value is -3.44. The molecule has 3 aromatic rings. The van der Waals surface area contributed by atoms with Crippen LogP contribution in [0.1, 0.15) is 22.4 Å². The molecular formula is C23H24N4O. The van der Waals surface area contributed by atoms with Crippen molar-refractivity contribution in [3.05, 3.63) is 96.2 Å². The van der Waals surface area contributed by atoms with E-state index in [0.29, 0.717) is 11.4 Å². The van der Waals surface area contributed by atoms with Crippen LogP contribution in [0.25, 0.3) is 17.0 Å². The van der Waals surface area contributed by atoms with Crippen LogP contribution in [0.15, 0.2) is 78.8 Å². The molecule has 0 bridgehead atoms. The summed E-state index contributed by atoms with van der Waals surface area (Å²) in [6.45, 7) is 9.92. The van der Waals surface area contributed by atoms with Gasteiger partial charge in [-0.1, -0.05) is 55.1 Å². The number of hydrogen-bond acceptors (Lipinski definition) is 4. The fraction of sp³-hybridized carbons (Fsp3) is 0.130. The average molecular weight is 372 g/mol. The van der Waals surface area contributed by atoms with E-state index < -0.39 is 0 Å². The lowest BCUT2D eigenvalue weighted by Gasteiger charge is -2.08. The number of hydrogen-bond donors (Lipinski definition) is 1. The number of aromatic nitrogens is 2. The molecule has 28 heavy (non-hydrogen) atoms. The number of nitrogens with zero attached hydrogens (tertiary/aromatic N) is 3. The third-order valence-electron chi connectivity index (χ3n) is 4.56.